The van der Waals surface area contributed by atoms with Crippen molar-refractivity contribution >= 4 is 16.9 Å². The molecule has 0 spiro atoms. The van der Waals surface area contributed by atoms with Crippen LogP contribution in [0.25, 0.3) is 28.3 Å². The van der Waals surface area contributed by atoms with Gasteiger partial charge in [0.05, 0.1) is 13.7 Å². The molecule has 0 fully saturated rings. The molecule has 10 heteroatoms. The summed E-state index contributed by atoms with van der Waals surface area (Å²) < 4.78 is 16.4. The number of hydrogen-bond donors (Lipinski definition) is 0. The third kappa shape index (κ3) is 2.45. The first kappa shape index (κ1) is 18.0. The van der Waals surface area contributed by atoms with Crippen LogP contribution in [-0.2, 0) is 25.4 Å². The second kappa shape index (κ2) is 6.64. The van der Waals surface area contributed by atoms with Crippen LogP contribution < -0.4 is 16.0 Å². The quantitative estimate of drug-likeness (QED) is 0.494. The van der Waals surface area contributed by atoms with Gasteiger partial charge >= 0.3 is 5.69 Å². The highest BCUT2D eigenvalue weighted by Crippen LogP contribution is 2.25. The lowest BCUT2D eigenvalue weighted by Crippen LogP contribution is -2.38. The molecule has 1 aromatic carbocycles. The van der Waals surface area contributed by atoms with E-state index in [1.807, 2.05) is 24.3 Å². The number of benzene rings is 1. The Hall–Kier alpha value is -3.40. The second-order valence-corrected chi connectivity index (χ2v) is 6.41. The zero-order chi connectivity index (χ0) is 20.0. The van der Waals surface area contributed by atoms with Gasteiger partial charge in [0.15, 0.2) is 17.0 Å². The Balaban J connectivity index is 2.13. The monoisotopic (exact) mass is 384 g/mol. The van der Waals surface area contributed by atoms with E-state index in [0.717, 1.165) is 10.1 Å². The van der Waals surface area contributed by atoms with Gasteiger partial charge in [-0.15, -0.1) is 10.2 Å². The zero-order valence-electron chi connectivity index (χ0n) is 16.0. The summed E-state index contributed by atoms with van der Waals surface area (Å²) in [5, 5.41) is 8.60. The lowest BCUT2D eigenvalue weighted by Gasteiger charge is -2.07. The molecule has 146 valence electrons. The molecule has 10 nitrogen and oxygen atoms in total. The van der Waals surface area contributed by atoms with E-state index in [-0.39, 0.29) is 5.56 Å². The second-order valence-electron chi connectivity index (χ2n) is 6.41. The van der Waals surface area contributed by atoms with E-state index < -0.39 is 5.69 Å². The molecule has 0 N–H and O–H groups in total. The highest BCUT2D eigenvalue weighted by Gasteiger charge is 2.23. The van der Waals surface area contributed by atoms with Gasteiger partial charge in [-0.25, -0.2) is 9.20 Å². The van der Waals surface area contributed by atoms with Gasteiger partial charge in [0.1, 0.15) is 5.75 Å². The molecule has 0 amide bonds. The Morgan fingerprint density at radius 1 is 1.00 bits per heavy atom. The highest BCUT2D eigenvalue weighted by atomic mass is 16.5. The van der Waals surface area contributed by atoms with Crippen molar-refractivity contribution in [3.05, 3.63) is 45.1 Å². The van der Waals surface area contributed by atoms with Gasteiger partial charge in [-0.1, -0.05) is 0 Å². The highest BCUT2D eigenvalue weighted by molar-refractivity contribution is 5.79. The average Bonchev–Trinajstić information content (AvgIpc) is 3.27. The number of ether oxygens (including phenoxy) is 2. The van der Waals surface area contributed by atoms with Crippen molar-refractivity contribution in [1.82, 2.24) is 28.3 Å². The van der Waals surface area contributed by atoms with Gasteiger partial charge in [0.25, 0.3) is 5.56 Å². The molecule has 0 unspecified atom stereocenters. The van der Waals surface area contributed by atoms with Crippen molar-refractivity contribution in [1.29, 1.82) is 0 Å². The Morgan fingerprint density at radius 2 is 1.71 bits per heavy atom. The largest absolute Gasteiger partial charge is 0.497 e. The van der Waals surface area contributed by atoms with Crippen LogP contribution in [0.15, 0.2) is 33.9 Å². The Morgan fingerprint density at radius 3 is 2.36 bits per heavy atom. The number of rotatable bonds is 5. The minimum Gasteiger partial charge on any atom is -0.497 e. The molecule has 3 heterocycles. The van der Waals surface area contributed by atoms with E-state index in [4.69, 9.17) is 9.47 Å². The molecule has 0 aliphatic heterocycles. The number of nitrogens with zero attached hydrogens (tertiary/aromatic N) is 6. The number of methoxy groups -OCH3 is 2. The molecule has 0 radical (unpaired) electrons. The topological polar surface area (TPSA) is 97.6 Å². The molecule has 28 heavy (non-hydrogen) atoms. The van der Waals surface area contributed by atoms with Crippen LogP contribution in [-0.4, -0.2) is 49.1 Å². The number of imidazole rings is 1. The fraction of sp³-hybridized carbons (Fsp3) is 0.333. The van der Waals surface area contributed by atoms with E-state index in [0.29, 0.717) is 41.7 Å². The van der Waals surface area contributed by atoms with E-state index in [9.17, 15) is 9.59 Å². The first-order valence-electron chi connectivity index (χ1n) is 8.66. The normalized spacial score (nSPS) is 11.6. The third-order valence-electron chi connectivity index (χ3n) is 4.85. The maximum Gasteiger partial charge on any atom is 0.332 e. The minimum atomic E-state index is -0.419. The predicted molar refractivity (Wildman–Crippen MR) is 103 cm³/mol. The summed E-state index contributed by atoms with van der Waals surface area (Å²) in [7, 11) is 6.27. The molecule has 0 atom stereocenters. The first-order valence-corrected chi connectivity index (χ1v) is 8.66. The van der Waals surface area contributed by atoms with E-state index in [1.165, 1.54) is 11.6 Å². The lowest BCUT2D eigenvalue weighted by molar-refractivity contribution is 0.189. The summed E-state index contributed by atoms with van der Waals surface area (Å²) in [5.74, 6) is 1.71. The van der Waals surface area contributed by atoms with Crippen LogP contribution in [0.5, 0.6) is 5.75 Å². The summed E-state index contributed by atoms with van der Waals surface area (Å²) in [6, 6.07) is 7.34. The van der Waals surface area contributed by atoms with Crippen LogP contribution in [0.3, 0.4) is 0 Å². The number of fused-ring (bicyclic) bond motifs is 3. The maximum atomic E-state index is 12.9. The Bertz CT molecular complexity index is 1290. The number of hydrogen-bond acceptors (Lipinski definition) is 6. The van der Waals surface area contributed by atoms with Crippen LogP contribution >= 0.6 is 0 Å². The van der Waals surface area contributed by atoms with Crippen LogP contribution in [0.4, 0.5) is 0 Å². The number of aryl methyl sites for hydroxylation is 1. The predicted octanol–water partition coefficient (Wildman–Crippen LogP) is 0.403. The van der Waals surface area contributed by atoms with Gasteiger partial charge in [0, 0.05) is 33.3 Å². The summed E-state index contributed by atoms with van der Waals surface area (Å²) in [6.45, 7) is 0.786. The van der Waals surface area contributed by atoms with Gasteiger partial charge in [-0.3, -0.25) is 13.9 Å². The van der Waals surface area contributed by atoms with Gasteiger partial charge in [0.2, 0.25) is 5.78 Å². The van der Waals surface area contributed by atoms with Crippen LogP contribution in [0.2, 0.25) is 0 Å². The van der Waals surface area contributed by atoms with Crippen molar-refractivity contribution < 1.29 is 9.47 Å². The summed E-state index contributed by atoms with van der Waals surface area (Å²) >= 11 is 0. The standard InChI is InChI=1S/C18H20N6O4/c1-21-15-13(16(25)22(2)18(21)26)23(9-10-27-3)17-20-19-14(24(15)17)11-5-7-12(28-4)8-6-11/h5-8H,9-10H2,1-4H3. The molecule has 0 aliphatic carbocycles. The fourth-order valence-corrected chi connectivity index (χ4v) is 3.38. The molecule has 4 aromatic rings. The van der Waals surface area contributed by atoms with Crippen molar-refractivity contribution in [2.24, 2.45) is 14.1 Å². The fourth-order valence-electron chi connectivity index (χ4n) is 3.38. The van der Waals surface area contributed by atoms with E-state index in [1.54, 1.807) is 30.2 Å². The number of aromatic nitrogens is 6. The average molecular weight is 384 g/mol. The zero-order valence-corrected chi connectivity index (χ0v) is 16.0. The molecule has 0 aliphatic rings. The van der Waals surface area contributed by atoms with Crippen molar-refractivity contribution in [2.45, 2.75) is 6.54 Å². The maximum absolute atomic E-state index is 12.9. The summed E-state index contributed by atoms with van der Waals surface area (Å²) in [4.78, 5) is 25.4. The minimum absolute atomic E-state index is 0.376. The van der Waals surface area contributed by atoms with Crippen LogP contribution in [0, 0.1) is 0 Å². The van der Waals surface area contributed by atoms with Gasteiger partial charge in [-0.05, 0) is 24.3 Å². The molecular weight excluding hydrogens is 364 g/mol. The summed E-state index contributed by atoms with van der Waals surface area (Å²) in [6.07, 6.45) is 0. The van der Waals surface area contributed by atoms with E-state index >= 15 is 0 Å². The molecule has 3 aromatic heterocycles. The van der Waals surface area contributed by atoms with Gasteiger partial charge < -0.3 is 14.0 Å². The van der Waals surface area contributed by atoms with Crippen molar-refractivity contribution in [3.63, 3.8) is 0 Å². The van der Waals surface area contributed by atoms with E-state index in [2.05, 4.69) is 10.2 Å². The van der Waals surface area contributed by atoms with Crippen molar-refractivity contribution in [2.75, 3.05) is 20.8 Å². The smallest absolute Gasteiger partial charge is 0.332 e. The third-order valence-corrected chi connectivity index (χ3v) is 4.85. The van der Waals surface area contributed by atoms with Gasteiger partial charge in [-0.2, -0.15) is 0 Å². The Kier molecular flexibility index (Phi) is 4.27. The molecular formula is C18H20N6O4. The molecule has 0 saturated heterocycles. The SMILES string of the molecule is COCCn1c2c(=O)n(C)c(=O)n(C)c2n2c(-c3ccc(OC)cc3)nnc12. The summed E-state index contributed by atoms with van der Waals surface area (Å²) in [5.41, 5.74) is 0.793. The molecule has 0 saturated carbocycles. The Labute approximate surface area is 159 Å². The van der Waals surface area contributed by atoms with Crippen molar-refractivity contribution in [3.8, 4) is 17.1 Å². The molecule has 0 bridgehead atoms. The lowest BCUT2D eigenvalue weighted by atomic mass is 10.2. The van der Waals surface area contributed by atoms with Crippen LogP contribution in [0.1, 0.15) is 0 Å². The first-order chi connectivity index (χ1) is 13.5. The molecule has 4 rings (SSSR count).